The second-order valence-corrected chi connectivity index (χ2v) is 6.37. The number of anilines is 2. The molecule has 4 rings (SSSR count). The van der Waals surface area contributed by atoms with Crippen LogP contribution in [0.15, 0.2) is 36.4 Å². The summed E-state index contributed by atoms with van der Waals surface area (Å²) in [4.78, 5) is 26.5. The van der Waals surface area contributed by atoms with Gasteiger partial charge in [-0.3, -0.25) is 9.59 Å². The maximum atomic E-state index is 12.5. The molecular formula is C20H20N2O4. The van der Waals surface area contributed by atoms with Gasteiger partial charge in [-0.05, 0) is 54.8 Å². The average molecular weight is 352 g/mol. The largest absolute Gasteiger partial charge is 0.454 e. The molecule has 134 valence electrons. The third-order valence-corrected chi connectivity index (χ3v) is 4.69. The highest BCUT2D eigenvalue weighted by atomic mass is 16.7. The molecule has 0 saturated carbocycles. The van der Waals surface area contributed by atoms with Crippen LogP contribution in [0.3, 0.4) is 0 Å². The summed E-state index contributed by atoms with van der Waals surface area (Å²) < 4.78 is 10.6. The maximum absolute atomic E-state index is 12.5. The molecule has 1 N–H and O–H groups in total. The van der Waals surface area contributed by atoms with Crippen molar-refractivity contribution in [1.29, 1.82) is 0 Å². The minimum atomic E-state index is -0.208. The first-order valence-electron chi connectivity index (χ1n) is 8.80. The van der Waals surface area contributed by atoms with Gasteiger partial charge in [-0.1, -0.05) is 6.92 Å². The summed E-state index contributed by atoms with van der Waals surface area (Å²) in [5, 5.41) is 2.92. The third-order valence-electron chi connectivity index (χ3n) is 4.69. The van der Waals surface area contributed by atoms with Crippen molar-refractivity contribution in [3.05, 3.63) is 47.5 Å². The van der Waals surface area contributed by atoms with E-state index in [0.29, 0.717) is 23.5 Å². The Hall–Kier alpha value is -3.02. The molecule has 2 aromatic rings. The van der Waals surface area contributed by atoms with E-state index in [4.69, 9.17) is 9.47 Å². The van der Waals surface area contributed by atoms with Crippen LogP contribution < -0.4 is 19.7 Å². The molecule has 2 amide bonds. The first-order valence-corrected chi connectivity index (χ1v) is 8.80. The lowest BCUT2D eigenvalue weighted by molar-refractivity contribution is -0.118. The van der Waals surface area contributed by atoms with Crippen molar-refractivity contribution in [3.63, 3.8) is 0 Å². The zero-order valence-electron chi connectivity index (χ0n) is 14.6. The highest BCUT2D eigenvalue weighted by Crippen LogP contribution is 2.33. The number of carbonyl (C=O) groups is 2. The van der Waals surface area contributed by atoms with E-state index < -0.39 is 0 Å². The monoisotopic (exact) mass is 352 g/mol. The molecule has 0 unspecified atom stereocenters. The molecule has 0 aliphatic carbocycles. The number of nitrogens with one attached hydrogen (secondary N) is 1. The van der Waals surface area contributed by atoms with Gasteiger partial charge in [-0.25, -0.2) is 0 Å². The molecule has 2 aliphatic heterocycles. The van der Waals surface area contributed by atoms with Gasteiger partial charge in [0.1, 0.15) is 0 Å². The maximum Gasteiger partial charge on any atom is 0.255 e. The lowest BCUT2D eigenvalue weighted by atomic mass is 10.0. The van der Waals surface area contributed by atoms with Gasteiger partial charge in [0.25, 0.3) is 5.91 Å². The van der Waals surface area contributed by atoms with E-state index in [9.17, 15) is 9.59 Å². The minimum absolute atomic E-state index is 0.128. The number of carbonyl (C=O) groups excluding carboxylic acids is 2. The van der Waals surface area contributed by atoms with Crippen molar-refractivity contribution in [1.82, 2.24) is 0 Å². The molecule has 26 heavy (non-hydrogen) atoms. The average Bonchev–Trinajstić information content (AvgIpc) is 3.14. The Morgan fingerprint density at radius 2 is 1.96 bits per heavy atom. The van der Waals surface area contributed by atoms with Crippen molar-refractivity contribution in [2.75, 3.05) is 23.6 Å². The molecule has 0 saturated heterocycles. The van der Waals surface area contributed by atoms with Crippen molar-refractivity contribution in [3.8, 4) is 11.5 Å². The smallest absolute Gasteiger partial charge is 0.255 e. The lowest BCUT2D eigenvalue weighted by Crippen LogP contribution is -2.34. The highest BCUT2D eigenvalue weighted by Gasteiger charge is 2.22. The summed E-state index contributed by atoms with van der Waals surface area (Å²) in [6.45, 7) is 2.80. The summed E-state index contributed by atoms with van der Waals surface area (Å²) in [5.41, 5.74) is 3.26. The van der Waals surface area contributed by atoms with E-state index in [-0.39, 0.29) is 18.6 Å². The van der Waals surface area contributed by atoms with Crippen LogP contribution in [0.1, 0.15) is 35.7 Å². The molecule has 2 aromatic carbocycles. The third kappa shape index (κ3) is 2.98. The Kier molecular flexibility index (Phi) is 4.24. The number of fused-ring (bicyclic) bond motifs is 2. The first kappa shape index (κ1) is 16.4. The molecule has 2 heterocycles. The van der Waals surface area contributed by atoms with Crippen molar-refractivity contribution < 1.29 is 19.1 Å². The molecule has 0 radical (unpaired) electrons. The zero-order valence-corrected chi connectivity index (χ0v) is 14.6. The fraction of sp³-hybridized carbons (Fsp3) is 0.300. The normalized spacial score (nSPS) is 14.7. The van der Waals surface area contributed by atoms with Gasteiger partial charge < -0.3 is 19.7 Å². The molecule has 0 bridgehead atoms. The van der Waals surface area contributed by atoms with E-state index in [2.05, 4.69) is 5.32 Å². The summed E-state index contributed by atoms with van der Waals surface area (Å²) in [7, 11) is 0. The summed E-state index contributed by atoms with van der Waals surface area (Å²) >= 11 is 0. The van der Waals surface area contributed by atoms with Gasteiger partial charge in [0, 0.05) is 29.9 Å². The van der Waals surface area contributed by atoms with Crippen LogP contribution >= 0.6 is 0 Å². The van der Waals surface area contributed by atoms with E-state index in [0.717, 1.165) is 36.3 Å². The van der Waals surface area contributed by atoms with Gasteiger partial charge in [-0.15, -0.1) is 0 Å². The van der Waals surface area contributed by atoms with E-state index >= 15 is 0 Å². The van der Waals surface area contributed by atoms with Gasteiger partial charge >= 0.3 is 0 Å². The van der Waals surface area contributed by atoms with Gasteiger partial charge in [-0.2, -0.15) is 0 Å². The van der Waals surface area contributed by atoms with Crippen LogP contribution in [0.5, 0.6) is 11.5 Å². The van der Waals surface area contributed by atoms with Gasteiger partial charge in [0.05, 0.1) is 0 Å². The van der Waals surface area contributed by atoms with Crippen LogP contribution in [0, 0.1) is 0 Å². The Labute approximate surface area is 151 Å². The summed E-state index contributed by atoms with van der Waals surface area (Å²) in [5.74, 6) is 1.15. The number of ether oxygens (including phenoxy) is 2. The fourth-order valence-corrected chi connectivity index (χ4v) is 3.37. The summed E-state index contributed by atoms with van der Waals surface area (Å²) in [6.07, 6.45) is 2.32. The quantitative estimate of drug-likeness (QED) is 0.920. The topological polar surface area (TPSA) is 67.9 Å². The molecule has 0 spiro atoms. The SMILES string of the molecule is CCC(=O)N1CCCc2cc(NC(=O)c3ccc4c(c3)OCO4)ccc21. The number of aryl methyl sites for hydroxylation is 1. The first-order chi connectivity index (χ1) is 12.7. The molecule has 0 fully saturated rings. The zero-order chi connectivity index (χ0) is 18.1. The summed E-state index contributed by atoms with van der Waals surface area (Å²) in [6, 6.07) is 10.8. The number of nitrogens with zero attached hydrogens (tertiary/aromatic N) is 1. The van der Waals surface area contributed by atoms with Crippen LogP contribution in [0.25, 0.3) is 0 Å². The minimum Gasteiger partial charge on any atom is -0.454 e. The van der Waals surface area contributed by atoms with Gasteiger partial charge in [0.15, 0.2) is 11.5 Å². The number of hydrogen-bond acceptors (Lipinski definition) is 4. The highest BCUT2D eigenvalue weighted by molar-refractivity contribution is 6.05. The van der Waals surface area contributed by atoms with Crippen LogP contribution in [-0.4, -0.2) is 25.2 Å². The van der Waals surface area contributed by atoms with Crippen molar-refractivity contribution in [2.24, 2.45) is 0 Å². The number of amides is 2. The molecular weight excluding hydrogens is 332 g/mol. The second-order valence-electron chi connectivity index (χ2n) is 6.37. The van der Waals surface area contributed by atoms with Crippen LogP contribution in [0.4, 0.5) is 11.4 Å². The van der Waals surface area contributed by atoms with Gasteiger partial charge in [0.2, 0.25) is 12.7 Å². The van der Waals surface area contributed by atoms with E-state index in [1.54, 1.807) is 18.2 Å². The van der Waals surface area contributed by atoms with Crippen LogP contribution in [-0.2, 0) is 11.2 Å². The molecule has 0 aromatic heterocycles. The number of benzene rings is 2. The molecule has 6 nitrogen and oxygen atoms in total. The van der Waals surface area contributed by atoms with Crippen molar-refractivity contribution >= 4 is 23.2 Å². The molecule has 2 aliphatic rings. The standard InChI is InChI=1S/C20H20N2O4/c1-2-19(23)22-9-3-4-13-10-15(6-7-16(13)22)21-20(24)14-5-8-17-18(11-14)26-12-25-17/h5-8,10-11H,2-4,9,12H2,1H3,(H,21,24). The molecule has 0 atom stereocenters. The number of hydrogen-bond donors (Lipinski definition) is 1. The van der Waals surface area contributed by atoms with E-state index in [1.165, 1.54) is 0 Å². The molecule has 6 heteroatoms. The fourth-order valence-electron chi connectivity index (χ4n) is 3.37. The van der Waals surface area contributed by atoms with Crippen molar-refractivity contribution in [2.45, 2.75) is 26.2 Å². The number of rotatable bonds is 3. The Balaban J connectivity index is 1.54. The van der Waals surface area contributed by atoms with E-state index in [1.807, 2.05) is 30.0 Å². The predicted molar refractivity (Wildman–Crippen MR) is 97.9 cm³/mol. The predicted octanol–water partition coefficient (Wildman–Crippen LogP) is 3.36. The van der Waals surface area contributed by atoms with Crippen LogP contribution in [0.2, 0.25) is 0 Å². The second kappa shape index (κ2) is 6.71. The lowest BCUT2D eigenvalue weighted by Gasteiger charge is -2.29. The Morgan fingerprint density at radius 1 is 1.12 bits per heavy atom. The Morgan fingerprint density at radius 3 is 2.81 bits per heavy atom. The Bertz CT molecular complexity index is 878.